The maximum Gasteiger partial charge on any atom is 0.223 e. The van der Waals surface area contributed by atoms with Crippen LogP contribution < -0.4 is 25.4 Å². The van der Waals surface area contributed by atoms with Crippen LogP contribution in [0.3, 0.4) is 0 Å². The SMILES string of the molecule is CCOc1cc(CNC(=NC)NC2CCCC(C(=O)NC(C)C)C2)ccc1OC.I. The van der Waals surface area contributed by atoms with E-state index < -0.39 is 0 Å². The Labute approximate surface area is 197 Å². The highest BCUT2D eigenvalue weighted by atomic mass is 127. The fourth-order valence-electron chi connectivity index (χ4n) is 3.63. The fourth-order valence-corrected chi connectivity index (χ4v) is 3.63. The lowest BCUT2D eigenvalue weighted by Gasteiger charge is -2.30. The Kier molecular flexibility index (Phi) is 11.9. The zero-order valence-electron chi connectivity index (χ0n) is 18.8. The molecule has 1 aliphatic rings. The standard InChI is InChI=1S/C22H36N4O3.HI/c1-6-29-20-12-16(10-11-19(20)28-5)14-24-22(23-4)26-18-9-7-8-17(13-18)21(27)25-15(2)3;/h10-12,15,17-18H,6-9,13-14H2,1-5H3,(H,25,27)(H2,23,24,26);1H. The van der Waals surface area contributed by atoms with Crippen molar-refractivity contribution in [3.05, 3.63) is 23.8 Å². The molecule has 0 radical (unpaired) electrons. The van der Waals surface area contributed by atoms with Crippen LogP contribution in [0.25, 0.3) is 0 Å². The summed E-state index contributed by atoms with van der Waals surface area (Å²) in [5.41, 5.74) is 1.08. The molecule has 1 amide bonds. The average molecular weight is 532 g/mol. The Bertz CT molecular complexity index is 697. The molecule has 2 atom stereocenters. The molecule has 0 aromatic heterocycles. The largest absolute Gasteiger partial charge is 0.493 e. The molecule has 2 unspecified atom stereocenters. The van der Waals surface area contributed by atoms with E-state index in [0.717, 1.165) is 48.7 Å². The van der Waals surface area contributed by atoms with Crippen molar-refractivity contribution in [2.45, 2.75) is 65.1 Å². The number of rotatable bonds is 8. The number of guanidine groups is 1. The summed E-state index contributed by atoms with van der Waals surface area (Å²) < 4.78 is 11.0. The minimum absolute atomic E-state index is 0. The quantitative estimate of drug-likeness (QED) is 0.272. The summed E-state index contributed by atoms with van der Waals surface area (Å²) in [6.45, 7) is 7.16. The second kappa shape index (κ2) is 13.6. The molecule has 0 aliphatic heterocycles. The van der Waals surface area contributed by atoms with Crippen LogP contribution >= 0.6 is 24.0 Å². The molecule has 7 nitrogen and oxygen atoms in total. The van der Waals surface area contributed by atoms with Gasteiger partial charge in [0, 0.05) is 31.6 Å². The summed E-state index contributed by atoms with van der Waals surface area (Å²) in [5, 5.41) is 9.87. The average Bonchev–Trinajstić information content (AvgIpc) is 2.71. The van der Waals surface area contributed by atoms with E-state index in [1.54, 1.807) is 14.2 Å². The molecular formula is C22H37IN4O3. The van der Waals surface area contributed by atoms with Gasteiger partial charge in [-0.2, -0.15) is 0 Å². The Balaban J connectivity index is 0.00000450. The number of methoxy groups -OCH3 is 1. The molecule has 0 spiro atoms. The second-order valence-electron chi connectivity index (χ2n) is 7.71. The topological polar surface area (TPSA) is 84.0 Å². The van der Waals surface area contributed by atoms with Gasteiger partial charge in [0.2, 0.25) is 5.91 Å². The molecule has 1 aromatic rings. The number of hydrogen-bond donors (Lipinski definition) is 3. The molecule has 0 heterocycles. The molecule has 1 aliphatic carbocycles. The molecule has 1 saturated carbocycles. The van der Waals surface area contributed by atoms with E-state index >= 15 is 0 Å². The lowest BCUT2D eigenvalue weighted by Crippen LogP contribution is -2.47. The predicted molar refractivity (Wildman–Crippen MR) is 132 cm³/mol. The van der Waals surface area contributed by atoms with Crippen LogP contribution in [0.5, 0.6) is 11.5 Å². The number of benzene rings is 1. The van der Waals surface area contributed by atoms with Crippen molar-refractivity contribution in [1.29, 1.82) is 0 Å². The molecule has 8 heteroatoms. The van der Waals surface area contributed by atoms with Gasteiger partial charge in [0.25, 0.3) is 0 Å². The van der Waals surface area contributed by atoms with Crippen LogP contribution in [0.4, 0.5) is 0 Å². The van der Waals surface area contributed by atoms with Crippen LogP contribution in [0.15, 0.2) is 23.2 Å². The smallest absolute Gasteiger partial charge is 0.223 e. The van der Waals surface area contributed by atoms with Gasteiger partial charge in [-0.15, -0.1) is 24.0 Å². The van der Waals surface area contributed by atoms with Gasteiger partial charge in [-0.25, -0.2) is 0 Å². The number of ether oxygens (including phenoxy) is 2. The van der Waals surface area contributed by atoms with Crippen LogP contribution in [0.1, 0.15) is 52.0 Å². The number of halogens is 1. The van der Waals surface area contributed by atoms with Crippen LogP contribution in [-0.2, 0) is 11.3 Å². The Morgan fingerprint density at radius 2 is 2.03 bits per heavy atom. The summed E-state index contributed by atoms with van der Waals surface area (Å²) in [7, 11) is 3.40. The van der Waals surface area contributed by atoms with Crippen LogP contribution in [0.2, 0.25) is 0 Å². The van der Waals surface area contributed by atoms with E-state index in [1.165, 1.54) is 0 Å². The van der Waals surface area contributed by atoms with E-state index in [4.69, 9.17) is 9.47 Å². The zero-order valence-corrected chi connectivity index (χ0v) is 21.1. The Hall–Kier alpha value is -1.71. The molecule has 0 saturated heterocycles. The highest BCUT2D eigenvalue weighted by molar-refractivity contribution is 14.0. The van der Waals surface area contributed by atoms with Crippen molar-refractivity contribution in [3.63, 3.8) is 0 Å². The number of nitrogens with one attached hydrogen (secondary N) is 3. The normalized spacial score (nSPS) is 18.9. The van der Waals surface area contributed by atoms with E-state index in [1.807, 2.05) is 39.0 Å². The van der Waals surface area contributed by atoms with E-state index in [0.29, 0.717) is 13.2 Å². The van der Waals surface area contributed by atoms with Gasteiger partial charge in [-0.3, -0.25) is 9.79 Å². The molecule has 170 valence electrons. The number of carbonyl (C=O) groups excluding carboxylic acids is 1. The van der Waals surface area contributed by atoms with Gasteiger partial charge >= 0.3 is 0 Å². The first-order valence-electron chi connectivity index (χ1n) is 10.5. The number of aliphatic imine (C=N–C) groups is 1. The minimum atomic E-state index is 0. The predicted octanol–water partition coefficient (Wildman–Crippen LogP) is 3.46. The van der Waals surface area contributed by atoms with E-state index in [9.17, 15) is 4.79 Å². The monoisotopic (exact) mass is 532 g/mol. The maximum absolute atomic E-state index is 12.4. The number of nitrogens with zero attached hydrogens (tertiary/aromatic N) is 1. The van der Waals surface area contributed by atoms with Crippen molar-refractivity contribution in [2.75, 3.05) is 20.8 Å². The number of hydrogen-bond acceptors (Lipinski definition) is 4. The number of amides is 1. The van der Waals surface area contributed by atoms with Crippen molar-refractivity contribution in [1.82, 2.24) is 16.0 Å². The lowest BCUT2D eigenvalue weighted by molar-refractivity contribution is -0.126. The Morgan fingerprint density at radius 1 is 1.27 bits per heavy atom. The zero-order chi connectivity index (χ0) is 21.2. The molecule has 3 N–H and O–H groups in total. The Morgan fingerprint density at radius 3 is 2.67 bits per heavy atom. The number of carbonyl (C=O) groups is 1. The van der Waals surface area contributed by atoms with Crippen molar-refractivity contribution in [2.24, 2.45) is 10.9 Å². The molecule has 1 aromatic carbocycles. The lowest BCUT2D eigenvalue weighted by atomic mass is 9.85. The fraction of sp³-hybridized carbons (Fsp3) is 0.636. The van der Waals surface area contributed by atoms with Gasteiger partial charge in [0.1, 0.15) is 0 Å². The van der Waals surface area contributed by atoms with E-state index in [-0.39, 0.29) is 47.9 Å². The first-order valence-corrected chi connectivity index (χ1v) is 10.5. The first-order chi connectivity index (χ1) is 14.0. The van der Waals surface area contributed by atoms with Gasteiger partial charge < -0.3 is 25.4 Å². The summed E-state index contributed by atoms with van der Waals surface area (Å²) in [6.07, 6.45) is 3.87. The third-order valence-electron chi connectivity index (χ3n) is 5.03. The minimum Gasteiger partial charge on any atom is -0.493 e. The highest BCUT2D eigenvalue weighted by Crippen LogP contribution is 2.28. The summed E-state index contributed by atoms with van der Waals surface area (Å²) in [6, 6.07) is 6.32. The summed E-state index contributed by atoms with van der Waals surface area (Å²) in [4.78, 5) is 16.7. The highest BCUT2D eigenvalue weighted by Gasteiger charge is 2.28. The van der Waals surface area contributed by atoms with Gasteiger partial charge in [0.15, 0.2) is 17.5 Å². The van der Waals surface area contributed by atoms with Crippen molar-refractivity contribution < 1.29 is 14.3 Å². The van der Waals surface area contributed by atoms with Gasteiger partial charge in [0.05, 0.1) is 13.7 Å². The summed E-state index contributed by atoms with van der Waals surface area (Å²) >= 11 is 0. The third-order valence-corrected chi connectivity index (χ3v) is 5.03. The van der Waals surface area contributed by atoms with Gasteiger partial charge in [-0.05, 0) is 57.7 Å². The molecule has 30 heavy (non-hydrogen) atoms. The maximum atomic E-state index is 12.4. The van der Waals surface area contributed by atoms with Crippen LogP contribution in [0, 0.1) is 5.92 Å². The molecule has 2 rings (SSSR count). The third kappa shape index (κ3) is 8.20. The second-order valence-corrected chi connectivity index (χ2v) is 7.71. The molecule has 0 bridgehead atoms. The van der Waals surface area contributed by atoms with E-state index in [2.05, 4.69) is 20.9 Å². The van der Waals surface area contributed by atoms with Crippen molar-refractivity contribution >= 4 is 35.8 Å². The van der Waals surface area contributed by atoms with Gasteiger partial charge in [-0.1, -0.05) is 12.5 Å². The summed E-state index contributed by atoms with van der Waals surface area (Å²) in [5.74, 6) is 2.44. The molecular weight excluding hydrogens is 495 g/mol. The first kappa shape index (κ1) is 26.3. The van der Waals surface area contributed by atoms with Crippen molar-refractivity contribution in [3.8, 4) is 11.5 Å². The molecule has 1 fully saturated rings. The van der Waals surface area contributed by atoms with Crippen LogP contribution in [-0.4, -0.2) is 44.7 Å².